The van der Waals surface area contributed by atoms with Gasteiger partial charge in [0.25, 0.3) is 0 Å². The number of hydrogen-bond acceptors (Lipinski definition) is 3. The number of aliphatic hydroxyl groups is 1. The van der Waals surface area contributed by atoms with Crippen molar-refractivity contribution >= 4 is 12.4 Å². The minimum atomic E-state index is -0.171. The van der Waals surface area contributed by atoms with Gasteiger partial charge in [0.1, 0.15) is 11.5 Å². The van der Waals surface area contributed by atoms with Gasteiger partial charge in [0, 0.05) is 13.0 Å². The molecule has 4 heteroatoms. The van der Waals surface area contributed by atoms with Crippen molar-refractivity contribution in [2.45, 2.75) is 25.8 Å². The highest BCUT2D eigenvalue weighted by Crippen LogP contribution is 2.17. The number of rotatable bonds is 4. The van der Waals surface area contributed by atoms with Crippen molar-refractivity contribution in [3.05, 3.63) is 23.7 Å². The molecule has 0 saturated carbocycles. The van der Waals surface area contributed by atoms with Gasteiger partial charge in [-0.3, -0.25) is 0 Å². The second-order valence-corrected chi connectivity index (χ2v) is 2.78. The summed E-state index contributed by atoms with van der Waals surface area (Å²) in [5, 5.41) is 8.64. The van der Waals surface area contributed by atoms with Crippen LogP contribution < -0.4 is 5.73 Å². The Morgan fingerprint density at radius 2 is 2.23 bits per heavy atom. The molecule has 1 atom stereocenters. The van der Waals surface area contributed by atoms with E-state index >= 15 is 0 Å². The molecule has 1 aromatic rings. The Balaban J connectivity index is 0.00000144. The fourth-order valence-electron chi connectivity index (χ4n) is 1.07. The molecule has 0 aromatic carbocycles. The van der Waals surface area contributed by atoms with Crippen LogP contribution in [0.1, 0.15) is 30.9 Å². The van der Waals surface area contributed by atoms with Gasteiger partial charge in [-0.2, -0.15) is 0 Å². The zero-order valence-corrected chi connectivity index (χ0v) is 8.51. The van der Waals surface area contributed by atoms with Crippen LogP contribution in [0.4, 0.5) is 0 Å². The number of nitrogens with two attached hydrogens (primary N) is 1. The molecule has 3 N–H and O–H groups in total. The second kappa shape index (κ2) is 6.02. The summed E-state index contributed by atoms with van der Waals surface area (Å²) in [5.41, 5.74) is 5.72. The first-order valence-electron chi connectivity index (χ1n) is 4.23. The fourth-order valence-corrected chi connectivity index (χ4v) is 1.07. The predicted octanol–water partition coefficient (Wildman–Crippen LogP) is 1.65. The molecule has 0 radical (unpaired) electrons. The number of hydrogen-bond donors (Lipinski definition) is 2. The van der Waals surface area contributed by atoms with Crippen LogP contribution >= 0.6 is 12.4 Å². The summed E-state index contributed by atoms with van der Waals surface area (Å²) in [6.07, 6.45) is 1.43. The van der Waals surface area contributed by atoms with E-state index in [2.05, 4.69) is 0 Å². The normalized spacial score (nSPS) is 12.2. The lowest BCUT2D eigenvalue weighted by Crippen LogP contribution is -2.10. The molecule has 1 aromatic heterocycles. The molecule has 0 unspecified atom stereocenters. The average molecular weight is 206 g/mol. The zero-order chi connectivity index (χ0) is 8.97. The molecule has 76 valence electrons. The average Bonchev–Trinajstić information content (AvgIpc) is 2.52. The summed E-state index contributed by atoms with van der Waals surface area (Å²) in [7, 11) is 0. The van der Waals surface area contributed by atoms with Crippen molar-refractivity contribution in [1.29, 1.82) is 0 Å². The van der Waals surface area contributed by atoms with Gasteiger partial charge in [-0.25, -0.2) is 0 Å². The summed E-state index contributed by atoms with van der Waals surface area (Å²) in [5.74, 6) is 1.71. The quantitative estimate of drug-likeness (QED) is 0.786. The Morgan fingerprint density at radius 1 is 1.54 bits per heavy atom. The molecule has 0 aliphatic heterocycles. The highest BCUT2D eigenvalue weighted by Gasteiger charge is 2.09. The van der Waals surface area contributed by atoms with E-state index in [0.29, 0.717) is 6.42 Å². The van der Waals surface area contributed by atoms with E-state index in [9.17, 15) is 0 Å². The number of aliphatic hydroxyl groups excluding tert-OH is 1. The van der Waals surface area contributed by atoms with Crippen molar-refractivity contribution < 1.29 is 9.52 Å². The number of halogens is 1. The molecule has 0 aliphatic carbocycles. The highest BCUT2D eigenvalue weighted by atomic mass is 35.5. The maximum Gasteiger partial charge on any atom is 0.120 e. The van der Waals surface area contributed by atoms with Crippen LogP contribution in [0.5, 0.6) is 0 Å². The highest BCUT2D eigenvalue weighted by molar-refractivity contribution is 5.85. The molecule has 0 fully saturated rings. The van der Waals surface area contributed by atoms with Gasteiger partial charge < -0.3 is 15.3 Å². The van der Waals surface area contributed by atoms with E-state index in [-0.39, 0.29) is 25.1 Å². The van der Waals surface area contributed by atoms with Gasteiger partial charge in [-0.1, -0.05) is 6.92 Å². The van der Waals surface area contributed by atoms with Gasteiger partial charge in [0.15, 0.2) is 0 Å². The van der Waals surface area contributed by atoms with Crippen LogP contribution in [-0.4, -0.2) is 11.7 Å². The first-order valence-corrected chi connectivity index (χ1v) is 4.23. The third-order valence-electron chi connectivity index (χ3n) is 1.84. The lowest BCUT2D eigenvalue weighted by Gasteiger charge is -2.04. The van der Waals surface area contributed by atoms with E-state index in [1.54, 1.807) is 0 Å². The van der Waals surface area contributed by atoms with Crippen molar-refractivity contribution in [3.63, 3.8) is 0 Å². The third kappa shape index (κ3) is 3.38. The van der Waals surface area contributed by atoms with E-state index in [1.807, 2.05) is 19.1 Å². The Kier molecular flexibility index (Phi) is 5.79. The molecule has 13 heavy (non-hydrogen) atoms. The van der Waals surface area contributed by atoms with Gasteiger partial charge in [-0.15, -0.1) is 12.4 Å². The molecule has 0 spiro atoms. The minimum absolute atomic E-state index is 0. The Labute approximate surface area is 84.3 Å². The minimum Gasteiger partial charge on any atom is -0.464 e. The largest absolute Gasteiger partial charge is 0.464 e. The van der Waals surface area contributed by atoms with Crippen molar-refractivity contribution in [3.8, 4) is 0 Å². The van der Waals surface area contributed by atoms with E-state index in [0.717, 1.165) is 17.9 Å². The molecule has 3 nitrogen and oxygen atoms in total. The van der Waals surface area contributed by atoms with Crippen LogP contribution in [0.25, 0.3) is 0 Å². The summed E-state index contributed by atoms with van der Waals surface area (Å²) in [6.45, 7) is 2.13. The van der Waals surface area contributed by atoms with Crippen LogP contribution in [0, 0.1) is 0 Å². The van der Waals surface area contributed by atoms with Gasteiger partial charge in [0.05, 0.1) is 6.04 Å². The molecule has 0 bridgehead atoms. The third-order valence-corrected chi connectivity index (χ3v) is 1.84. The SMILES string of the molecule is CCc1ccc([C@@H](N)CCO)o1.Cl. The molecule has 1 rings (SSSR count). The van der Waals surface area contributed by atoms with E-state index in [1.165, 1.54) is 0 Å². The second-order valence-electron chi connectivity index (χ2n) is 2.78. The summed E-state index contributed by atoms with van der Waals surface area (Å²) < 4.78 is 5.41. The van der Waals surface area contributed by atoms with Crippen molar-refractivity contribution in [2.75, 3.05) is 6.61 Å². The summed E-state index contributed by atoms with van der Waals surface area (Å²) in [4.78, 5) is 0. The molecule has 0 aliphatic rings. The first kappa shape index (κ1) is 12.5. The van der Waals surface area contributed by atoms with E-state index in [4.69, 9.17) is 15.3 Å². The predicted molar refractivity (Wildman–Crippen MR) is 54.0 cm³/mol. The van der Waals surface area contributed by atoms with E-state index < -0.39 is 0 Å². The maximum atomic E-state index is 8.64. The Bertz CT molecular complexity index is 237. The topological polar surface area (TPSA) is 59.4 Å². The molecule has 0 saturated heterocycles. The molecule has 0 amide bonds. The van der Waals surface area contributed by atoms with Crippen LogP contribution in [0.15, 0.2) is 16.5 Å². The Morgan fingerprint density at radius 3 is 2.69 bits per heavy atom. The van der Waals surface area contributed by atoms with Crippen LogP contribution in [0.3, 0.4) is 0 Å². The van der Waals surface area contributed by atoms with Gasteiger partial charge >= 0.3 is 0 Å². The zero-order valence-electron chi connectivity index (χ0n) is 7.69. The van der Waals surface area contributed by atoms with Gasteiger partial charge in [0.2, 0.25) is 0 Å². The maximum absolute atomic E-state index is 8.64. The number of furan rings is 1. The molecular formula is C9H16ClNO2. The fraction of sp³-hybridized carbons (Fsp3) is 0.556. The summed E-state index contributed by atoms with van der Waals surface area (Å²) >= 11 is 0. The van der Waals surface area contributed by atoms with Crippen molar-refractivity contribution in [2.24, 2.45) is 5.73 Å². The van der Waals surface area contributed by atoms with Crippen LogP contribution in [-0.2, 0) is 6.42 Å². The first-order chi connectivity index (χ1) is 5.77. The molecular weight excluding hydrogens is 190 g/mol. The lowest BCUT2D eigenvalue weighted by molar-refractivity contribution is 0.267. The molecule has 1 heterocycles. The lowest BCUT2D eigenvalue weighted by atomic mass is 10.2. The Hall–Kier alpha value is -0.510. The smallest absolute Gasteiger partial charge is 0.120 e. The number of aryl methyl sites for hydroxylation is 1. The van der Waals surface area contributed by atoms with Crippen molar-refractivity contribution in [1.82, 2.24) is 0 Å². The van der Waals surface area contributed by atoms with Crippen LogP contribution in [0.2, 0.25) is 0 Å². The van der Waals surface area contributed by atoms with Gasteiger partial charge in [-0.05, 0) is 18.6 Å². The standard InChI is InChI=1S/C9H15NO2.ClH/c1-2-7-3-4-9(12-7)8(10)5-6-11;/h3-4,8,11H,2,5-6,10H2,1H3;1H/t8-;/m0./s1. The monoisotopic (exact) mass is 205 g/mol. The summed E-state index contributed by atoms with van der Waals surface area (Å²) in [6, 6.07) is 3.63.